The third-order valence-corrected chi connectivity index (χ3v) is 3.51. The highest BCUT2D eigenvalue weighted by Gasteiger charge is 2.19. The van der Waals surface area contributed by atoms with Gasteiger partial charge in [0, 0.05) is 23.9 Å². The quantitative estimate of drug-likeness (QED) is 0.813. The van der Waals surface area contributed by atoms with Crippen molar-refractivity contribution in [2.24, 2.45) is 0 Å². The van der Waals surface area contributed by atoms with E-state index in [1.54, 1.807) is 12.1 Å². The van der Waals surface area contributed by atoms with Gasteiger partial charge in [0.25, 0.3) is 5.91 Å². The maximum Gasteiger partial charge on any atom is 0.265 e. The van der Waals surface area contributed by atoms with Gasteiger partial charge in [-0.05, 0) is 19.1 Å². The summed E-state index contributed by atoms with van der Waals surface area (Å²) in [5.41, 5.74) is 0.394. The molecule has 1 amide bonds. The second kappa shape index (κ2) is 8.37. The summed E-state index contributed by atoms with van der Waals surface area (Å²) < 4.78 is 47.1. The van der Waals surface area contributed by atoms with Crippen LogP contribution in [0.4, 0.5) is 14.5 Å². The highest BCUT2D eigenvalue weighted by Crippen LogP contribution is 2.39. The lowest BCUT2D eigenvalue weighted by molar-refractivity contribution is -0.122. The summed E-state index contributed by atoms with van der Waals surface area (Å²) in [5.74, 6) is -1.38. The maximum absolute atomic E-state index is 13.2. The Hall–Kier alpha value is -3.03. The highest BCUT2D eigenvalue weighted by molar-refractivity contribution is 5.94. The van der Waals surface area contributed by atoms with E-state index in [0.717, 1.165) is 12.1 Å². The molecule has 140 valence electrons. The molecule has 0 radical (unpaired) electrons. The molecule has 2 aromatic rings. The van der Waals surface area contributed by atoms with E-state index < -0.39 is 23.6 Å². The Morgan fingerprint density at radius 3 is 2.08 bits per heavy atom. The number of amides is 1. The molecule has 0 spiro atoms. The molecule has 0 aromatic heterocycles. The lowest BCUT2D eigenvalue weighted by atomic mass is 10.2. The van der Waals surface area contributed by atoms with Gasteiger partial charge in [-0.2, -0.15) is 0 Å². The van der Waals surface area contributed by atoms with E-state index in [-0.39, 0.29) is 5.75 Å². The van der Waals surface area contributed by atoms with Gasteiger partial charge in [0.15, 0.2) is 29.2 Å². The molecule has 1 N–H and O–H groups in total. The smallest absolute Gasteiger partial charge is 0.265 e. The van der Waals surface area contributed by atoms with E-state index in [9.17, 15) is 13.6 Å². The third-order valence-electron chi connectivity index (χ3n) is 3.51. The van der Waals surface area contributed by atoms with E-state index in [4.69, 9.17) is 18.9 Å². The number of rotatable bonds is 7. The van der Waals surface area contributed by atoms with Crippen molar-refractivity contribution < 1.29 is 32.5 Å². The summed E-state index contributed by atoms with van der Waals surface area (Å²) >= 11 is 0. The Labute approximate surface area is 149 Å². The fourth-order valence-electron chi connectivity index (χ4n) is 2.20. The summed E-state index contributed by atoms with van der Waals surface area (Å²) in [5, 5.41) is 2.64. The van der Waals surface area contributed by atoms with E-state index in [1.807, 2.05) is 0 Å². The number of nitrogens with one attached hydrogen (secondary N) is 1. The fraction of sp³-hybridized carbons (Fsp3) is 0.278. The van der Waals surface area contributed by atoms with Gasteiger partial charge in [0.2, 0.25) is 5.75 Å². The molecular weight excluding hydrogens is 348 g/mol. The van der Waals surface area contributed by atoms with Crippen LogP contribution < -0.4 is 24.3 Å². The lowest BCUT2D eigenvalue weighted by Crippen LogP contribution is -2.30. The summed E-state index contributed by atoms with van der Waals surface area (Å²) in [6, 6.07) is 6.15. The SMILES string of the molecule is COc1cc(NC(=O)C(C)Oc2ccc(F)c(F)c2)cc(OC)c1OC. The Morgan fingerprint density at radius 1 is 0.962 bits per heavy atom. The van der Waals surface area contributed by atoms with Crippen molar-refractivity contribution >= 4 is 11.6 Å². The van der Waals surface area contributed by atoms with Crippen molar-refractivity contribution in [1.82, 2.24) is 0 Å². The van der Waals surface area contributed by atoms with Crippen molar-refractivity contribution in [2.75, 3.05) is 26.6 Å². The molecular formula is C18H19F2NO5. The number of anilines is 1. The van der Waals surface area contributed by atoms with Crippen LogP contribution in [0.25, 0.3) is 0 Å². The predicted octanol–water partition coefficient (Wildman–Crippen LogP) is 3.40. The normalized spacial score (nSPS) is 11.5. The fourth-order valence-corrected chi connectivity index (χ4v) is 2.20. The Bertz CT molecular complexity index is 772. The van der Waals surface area contributed by atoms with Crippen LogP contribution in [0.3, 0.4) is 0 Å². The number of hydrogen-bond donors (Lipinski definition) is 1. The summed E-state index contributed by atoms with van der Waals surface area (Å²) in [6.45, 7) is 1.48. The minimum absolute atomic E-state index is 0.0384. The molecule has 0 saturated carbocycles. The summed E-state index contributed by atoms with van der Waals surface area (Å²) in [4.78, 5) is 12.3. The molecule has 0 aliphatic carbocycles. The van der Waals surface area contributed by atoms with Crippen LogP contribution in [0.15, 0.2) is 30.3 Å². The van der Waals surface area contributed by atoms with Crippen LogP contribution in [0.1, 0.15) is 6.92 Å². The standard InChI is InChI=1S/C18H19F2NO5/c1-10(26-12-5-6-13(19)14(20)9-12)18(22)21-11-7-15(23-2)17(25-4)16(8-11)24-3/h5-10H,1-4H3,(H,21,22). The number of benzene rings is 2. The first-order valence-electron chi connectivity index (χ1n) is 7.62. The monoisotopic (exact) mass is 367 g/mol. The molecule has 2 rings (SSSR count). The average molecular weight is 367 g/mol. The first-order valence-corrected chi connectivity index (χ1v) is 7.62. The topological polar surface area (TPSA) is 66.0 Å². The molecule has 0 bridgehead atoms. The van der Waals surface area contributed by atoms with Crippen molar-refractivity contribution in [1.29, 1.82) is 0 Å². The van der Waals surface area contributed by atoms with Crippen molar-refractivity contribution in [3.05, 3.63) is 42.0 Å². The molecule has 2 aromatic carbocycles. The Balaban J connectivity index is 2.14. The van der Waals surface area contributed by atoms with Gasteiger partial charge in [-0.3, -0.25) is 4.79 Å². The van der Waals surface area contributed by atoms with Crippen molar-refractivity contribution in [3.8, 4) is 23.0 Å². The zero-order valence-electron chi connectivity index (χ0n) is 14.8. The van der Waals surface area contributed by atoms with Crippen LogP contribution in [0.2, 0.25) is 0 Å². The molecule has 1 atom stereocenters. The van der Waals surface area contributed by atoms with Crippen LogP contribution in [0, 0.1) is 11.6 Å². The van der Waals surface area contributed by atoms with E-state index in [2.05, 4.69) is 5.32 Å². The molecule has 0 aliphatic rings. The van der Waals surface area contributed by atoms with Gasteiger partial charge >= 0.3 is 0 Å². The molecule has 8 heteroatoms. The van der Waals surface area contributed by atoms with E-state index in [1.165, 1.54) is 34.3 Å². The Morgan fingerprint density at radius 2 is 1.58 bits per heavy atom. The number of carbonyl (C=O) groups excluding carboxylic acids is 1. The second-order valence-corrected chi connectivity index (χ2v) is 5.24. The Kier molecular flexibility index (Phi) is 6.21. The number of hydrogen-bond acceptors (Lipinski definition) is 5. The van der Waals surface area contributed by atoms with Gasteiger partial charge in [-0.15, -0.1) is 0 Å². The minimum Gasteiger partial charge on any atom is -0.493 e. The second-order valence-electron chi connectivity index (χ2n) is 5.24. The first kappa shape index (κ1) is 19.3. The number of halogens is 2. The van der Waals surface area contributed by atoms with Crippen LogP contribution in [0.5, 0.6) is 23.0 Å². The van der Waals surface area contributed by atoms with Crippen molar-refractivity contribution in [2.45, 2.75) is 13.0 Å². The van der Waals surface area contributed by atoms with Crippen LogP contribution in [-0.2, 0) is 4.79 Å². The molecule has 6 nitrogen and oxygen atoms in total. The van der Waals surface area contributed by atoms with Gasteiger partial charge in [0.05, 0.1) is 21.3 Å². The molecule has 0 saturated heterocycles. The number of methoxy groups -OCH3 is 3. The van der Waals surface area contributed by atoms with Crippen LogP contribution in [-0.4, -0.2) is 33.3 Å². The first-order chi connectivity index (χ1) is 12.4. The lowest BCUT2D eigenvalue weighted by Gasteiger charge is -2.17. The van der Waals surface area contributed by atoms with Gasteiger partial charge in [-0.1, -0.05) is 0 Å². The number of carbonyl (C=O) groups is 1. The predicted molar refractivity (Wildman–Crippen MR) is 91.2 cm³/mol. The third kappa shape index (κ3) is 4.33. The minimum atomic E-state index is -1.06. The van der Waals surface area contributed by atoms with Crippen LogP contribution >= 0.6 is 0 Å². The summed E-state index contributed by atoms with van der Waals surface area (Å²) in [6.07, 6.45) is -0.959. The van der Waals surface area contributed by atoms with E-state index in [0.29, 0.717) is 22.9 Å². The zero-order valence-corrected chi connectivity index (χ0v) is 14.8. The maximum atomic E-state index is 13.2. The molecule has 0 heterocycles. The average Bonchev–Trinajstić information content (AvgIpc) is 2.63. The van der Waals surface area contributed by atoms with Gasteiger partial charge in [-0.25, -0.2) is 8.78 Å². The van der Waals surface area contributed by atoms with E-state index >= 15 is 0 Å². The highest BCUT2D eigenvalue weighted by atomic mass is 19.2. The van der Waals surface area contributed by atoms with Gasteiger partial charge < -0.3 is 24.3 Å². The molecule has 1 unspecified atom stereocenters. The molecule has 26 heavy (non-hydrogen) atoms. The molecule has 0 fully saturated rings. The molecule has 0 aliphatic heterocycles. The number of ether oxygens (including phenoxy) is 4. The largest absolute Gasteiger partial charge is 0.493 e. The van der Waals surface area contributed by atoms with Crippen molar-refractivity contribution in [3.63, 3.8) is 0 Å². The zero-order chi connectivity index (χ0) is 19.3. The van der Waals surface area contributed by atoms with Gasteiger partial charge in [0.1, 0.15) is 5.75 Å². The summed E-state index contributed by atoms with van der Waals surface area (Å²) in [7, 11) is 4.38.